The molecule has 4 fully saturated rings. The average molecular weight is 377 g/mol. The molecule has 4 atom stereocenters. The summed E-state index contributed by atoms with van der Waals surface area (Å²) >= 11 is 6.17. The van der Waals surface area contributed by atoms with E-state index in [0.29, 0.717) is 17.0 Å². The van der Waals surface area contributed by atoms with E-state index in [9.17, 15) is 5.53 Å². The smallest absolute Gasteiger partial charge is 0.197 e. The van der Waals surface area contributed by atoms with E-state index in [0.717, 1.165) is 31.4 Å². The van der Waals surface area contributed by atoms with Crippen molar-refractivity contribution in [1.82, 2.24) is 9.97 Å². The van der Waals surface area contributed by atoms with Gasteiger partial charge in [-0.15, -0.1) is 0 Å². The van der Waals surface area contributed by atoms with Crippen LogP contribution in [-0.4, -0.2) is 20.2 Å². The minimum Gasteiger partial charge on any atom is -0.505 e. The molecule has 2 saturated carbocycles. The fourth-order valence-corrected chi connectivity index (χ4v) is 6.67. The average Bonchev–Trinajstić information content (AvgIpc) is 3.44. The quantitative estimate of drug-likeness (QED) is 0.490. The van der Waals surface area contributed by atoms with Gasteiger partial charge in [-0.3, -0.25) is 0 Å². The minimum atomic E-state index is -0.338. The van der Waals surface area contributed by atoms with Gasteiger partial charge in [0.25, 0.3) is 0 Å². The van der Waals surface area contributed by atoms with Gasteiger partial charge in [0.15, 0.2) is 11.1 Å². The van der Waals surface area contributed by atoms with Crippen LogP contribution >= 0.6 is 11.6 Å². The Morgan fingerprint density at radius 3 is 2.85 bits per heavy atom. The van der Waals surface area contributed by atoms with E-state index in [-0.39, 0.29) is 11.1 Å². The SMILES string of the molecule is [N-]=[N+]1C2(CCc3c[nH]c4ccccc34)C[C@@H]3C[C@H]2CC31c1cccc(Cl)n1. The third-order valence-corrected chi connectivity index (χ3v) is 7.83. The number of hydrogen-bond acceptors (Lipinski definition) is 1. The van der Waals surface area contributed by atoms with E-state index in [2.05, 4.69) is 40.4 Å². The lowest BCUT2D eigenvalue weighted by Crippen LogP contribution is -2.41. The summed E-state index contributed by atoms with van der Waals surface area (Å²) in [6.07, 6.45) is 7.33. The number of piperidine rings is 1. The second-order valence-electron chi connectivity index (χ2n) is 8.58. The maximum absolute atomic E-state index is 11.4. The van der Waals surface area contributed by atoms with Crippen LogP contribution in [0, 0.1) is 11.8 Å². The predicted molar refractivity (Wildman–Crippen MR) is 105 cm³/mol. The van der Waals surface area contributed by atoms with Gasteiger partial charge >= 0.3 is 0 Å². The zero-order chi connectivity index (χ0) is 18.2. The van der Waals surface area contributed by atoms with Crippen molar-refractivity contribution in [2.45, 2.75) is 43.2 Å². The van der Waals surface area contributed by atoms with Gasteiger partial charge in [-0.2, -0.15) is 0 Å². The first-order valence-corrected chi connectivity index (χ1v) is 10.2. The third kappa shape index (κ3) is 1.87. The van der Waals surface area contributed by atoms with Gasteiger partial charge in [0, 0.05) is 48.2 Å². The number of rotatable bonds is 4. The normalized spacial score (nSPS) is 33.6. The Morgan fingerprint density at radius 2 is 2.04 bits per heavy atom. The molecule has 0 spiro atoms. The van der Waals surface area contributed by atoms with Crippen LogP contribution in [0.3, 0.4) is 0 Å². The van der Waals surface area contributed by atoms with Gasteiger partial charge in [0.2, 0.25) is 0 Å². The molecule has 7 rings (SSSR count). The standard InChI is InChI=1S/C22H21ClN4/c23-20-7-3-6-19(26-20)22-12-15-10-16(22)11-21(15,27(22)24)9-8-14-13-25-18-5-2-1-4-17(14)18/h1-7,13,15-16,25H,8-12H2/t15-,16-,21?,22?/m0/s1. The summed E-state index contributed by atoms with van der Waals surface area (Å²) in [7, 11) is 0. The highest BCUT2D eigenvalue weighted by atomic mass is 35.5. The molecule has 0 amide bonds. The van der Waals surface area contributed by atoms with Crippen molar-refractivity contribution < 1.29 is 4.70 Å². The monoisotopic (exact) mass is 376 g/mol. The molecule has 1 N–H and O–H groups in total. The molecule has 5 heteroatoms. The number of para-hydroxylation sites is 1. The van der Waals surface area contributed by atoms with E-state index in [1.807, 2.05) is 18.2 Å². The highest BCUT2D eigenvalue weighted by molar-refractivity contribution is 6.29. The van der Waals surface area contributed by atoms with Crippen molar-refractivity contribution in [1.29, 1.82) is 0 Å². The maximum atomic E-state index is 11.4. The number of nitrogens with zero attached hydrogens (tertiary/aromatic N) is 3. The van der Waals surface area contributed by atoms with Gasteiger partial charge in [0.05, 0.1) is 0 Å². The first-order valence-electron chi connectivity index (χ1n) is 9.81. The fourth-order valence-electron chi connectivity index (χ4n) is 6.51. The Morgan fingerprint density at radius 1 is 1.15 bits per heavy atom. The summed E-state index contributed by atoms with van der Waals surface area (Å²) in [5.41, 5.74) is 14.4. The summed E-state index contributed by atoms with van der Waals surface area (Å²) < 4.78 is 1.70. The lowest BCUT2D eigenvalue weighted by atomic mass is 9.78. The summed E-state index contributed by atoms with van der Waals surface area (Å²) in [6, 6.07) is 14.2. The van der Waals surface area contributed by atoms with Crippen LogP contribution in [0.25, 0.3) is 16.4 Å². The Balaban J connectivity index is 1.34. The molecular weight excluding hydrogens is 356 g/mol. The Bertz CT molecular complexity index is 1090. The highest BCUT2D eigenvalue weighted by Gasteiger charge is 2.79. The lowest BCUT2D eigenvalue weighted by molar-refractivity contribution is -0.669. The first-order chi connectivity index (χ1) is 13.1. The van der Waals surface area contributed by atoms with Crippen LogP contribution in [0.2, 0.25) is 5.15 Å². The molecule has 1 aromatic carbocycles. The molecule has 2 saturated heterocycles. The highest BCUT2D eigenvalue weighted by Crippen LogP contribution is 2.71. The van der Waals surface area contributed by atoms with Gasteiger partial charge in [-0.25, -0.2) is 4.98 Å². The van der Waals surface area contributed by atoms with Crippen molar-refractivity contribution in [3.8, 4) is 0 Å². The first kappa shape index (κ1) is 15.8. The molecule has 2 aliphatic carbocycles. The molecule has 4 bridgehead atoms. The number of hydrogen-bond donors (Lipinski definition) is 1. The fraction of sp³-hybridized carbons (Fsp3) is 0.409. The number of nitrogens with one attached hydrogen (secondary N) is 1. The van der Waals surface area contributed by atoms with E-state index in [1.165, 1.54) is 22.9 Å². The number of aryl methyl sites for hydroxylation is 1. The number of fused-ring (bicyclic) bond motifs is 1. The van der Waals surface area contributed by atoms with Gasteiger partial charge in [-0.1, -0.05) is 35.9 Å². The van der Waals surface area contributed by atoms with E-state index in [4.69, 9.17) is 11.6 Å². The Labute approximate surface area is 163 Å². The molecule has 2 aromatic heterocycles. The third-order valence-electron chi connectivity index (χ3n) is 7.62. The number of aromatic amines is 1. The number of aromatic nitrogens is 2. The van der Waals surface area contributed by atoms with Crippen LogP contribution in [-0.2, 0) is 12.0 Å². The minimum absolute atomic E-state index is 0.118. The number of halogens is 1. The number of benzene rings is 1. The summed E-state index contributed by atoms with van der Waals surface area (Å²) in [4.78, 5) is 7.97. The van der Waals surface area contributed by atoms with Crippen molar-refractivity contribution in [2.75, 3.05) is 0 Å². The van der Waals surface area contributed by atoms with Crippen LogP contribution in [0.4, 0.5) is 0 Å². The zero-order valence-electron chi connectivity index (χ0n) is 15.0. The summed E-state index contributed by atoms with van der Waals surface area (Å²) in [6.45, 7) is 0. The van der Waals surface area contributed by atoms with Gasteiger partial charge in [0.1, 0.15) is 10.8 Å². The summed E-state index contributed by atoms with van der Waals surface area (Å²) in [5, 5.41) is 1.81. The predicted octanol–water partition coefficient (Wildman–Crippen LogP) is 5.26. The molecule has 3 aromatic rings. The second kappa shape index (κ2) is 5.20. The molecule has 0 radical (unpaired) electrons. The lowest BCUT2D eigenvalue weighted by Gasteiger charge is -2.31. The van der Waals surface area contributed by atoms with Crippen molar-refractivity contribution in [3.05, 3.63) is 70.6 Å². The van der Waals surface area contributed by atoms with Gasteiger partial charge < -0.3 is 15.2 Å². The molecule has 2 aliphatic heterocycles. The topological polar surface area (TPSA) is 54.0 Å². The number of H-pyrrole nitrogens is 1. The molecule has 4 nitrogen and oxygen atoms in total. The van der Waals surface area contributed by atoms with Crippen LogP contribution < -0.4 is 0 Å². The summed E-state index contributed by atoms with van der Waals surface area (Å²) in [5.74, 6) is 1.01. The van der Waals surface area contributed by atoms with E-state index >= 15 is 0 Å². The molecule has 2 unspecified atom stereocenters. The molecule has 4 heterocycles. The van der Waals surface area contributed by atoms with Gasteiger partial charge in [-0.05, 0) is 36.6 Å². The zero-order valence-corrected chi connectivity index (χ0v) is 15.8. The van der Waals surface area contributed by atoms with Crippen LogP contribution in [0.5, 0.6) is 0 Å². The largest absolute Gasteiger partial charge is 0.505 e. The second-order valence-corrected chi connectivity index (χ2v) is 8.97. The molecular formula is C22H21ClN4. The Hall–Kier alpha value is -2.20. The van der Waals surface area contributed by atoms with E-state index in [1.54, 1.807) is 4.70 Å². The molecule has 27 heavy (non-hydrogen) atoms. The molecule has 136 valence electrons. The van der Waals surface area contributed by atoms with Crippen molar-refractivity contribution in [3.63, 3.8) is 0 Å². The molecule has 4 aliphatic rings. The maximum Gasteiger partial charge on any atom is 0.197 e. The van der Waals surface area contributed by atoms with Crippen molar-refractivity contribution in [2.24, 2.45) is 11.8 Å². The van der Waals surface area contributed by atoms with Crippen LogP contribution in [0.15, 0.2) is 48.7 Å². The number of pyridine rings is 1. The van der Waals surface area contributed by atoms with Crippen molar-refractivity contribution >= 4 is 22.5 Å². The van der Waals surface area contributed by atoms with Crippen LogP contribution in [0.1, 0.15) is 36.9 Å². The van der Waals surface area contributed by atoms with E-state index < -0.39 is 0 Å². The Kier molecular flexibility index (Phi) is 3.04.